The molecule has 120 valence electrons. The van der Waals surface area contributed by atoms with Crippen molar-refractivity contribution >= 4 is 12.0 Å². The molecule has 1 saturated heterocycles. The van der Waals surface area contributed by atoms with Crippen LogP contribution in [0.1, 0.15) is 24.2 Å². The van der Waals surface area contributed by atoms with Gasteiger partial charge in [-0.15, -0.1) is 0 Å². The first-order valence-corrected chi connectivity index (χ1v) is 8.08. The van der Waals surface area contributed by atoms with Gasteiger partial charge in [-0.05, 0) is 36.6 Å². The van der Waals surface area contributed by atoms with Crippen molar-refractivity contribution in [2.75, 3.05) is 13.1 Å². The molecule has 1 aliphatic heterocycles. The number of nitrogens with zero attached hydrogens (tertiary/aromatic N) is 1. The van der Waals surface area contributed by atoms with Crippen LogP contribution in [0.15, 0.2) is 59.2 Å². The number of carbonyl (C=O) groups excluding carboxylic acids is 1. The molecule has 0 aliphatic carbocycles. The molecule has 1 fully saturated rings. The summed E-state index contributed by atoms with van der Waals surface area (Å²) in [5.41, 5.74) is 1.34. The predicted molar refractivity (Wildman–Crippen MR) is 90.6 cm³/mol. The third-order valence-electron chi connectivity index (χ3n) is 4.13. The summed E-state index contributed by atoms with van der Waals surface area (Å²) in [6, 6.07) is 14.4. The molecular weight excluding hydrogens is 288 g/mol. The van der Waals surface area contributed by atoms with Crippen molar-refractivity contribution in [3.8, 4) is 0 Å². The van der Waals surface area contributed by atoms with Crippen LogP contribution < -0.4 is 5.32 Å². The number of nitrogens with one attached hydrogen (secondary N) is 1. The Labute approximate surface area is 136 Å². The number of furan rings is 1. The monoisotopic (exact) mass is 310 g/mol. The SMILES string of the molecule is O=C(/C=C/c1ccco1)NC1CCN(Cc2ccccc2)CC1. The van der Waals surface area contributed by atoms with Crippen molar-refractivity contribution in [3.63, 3.8) is 0 Å². The Morgan fingerprint density at radius 1 is 1.17 bits per heavy atom. The first-order chi connectivity index (χ1) is 11.3. The van der Waals surface area contributed by atoms with E-state index in [0.717, 1.165) is 32.5 Å². The highest BCUT2D eigenvalue weighted by Crippen LogP contribution is 2.14. The van der Waals surface area contributed by atoms with Gasteiger partial charge in [-0.25, -0.2) is 0 Å². The highest BCUT2D eigenvalue weighted by molar-refractivity contribution is 5.91. The summed E-state index contributed by atoms with van der Waals surface area (Å²) in [5.74, 6) is 0.640. The second-order valence-corrected chi connectivity index (χ2v) is 5.89. The van der Waals surface area contributed by atoms with Crippen LogP contribution in [-0.4, -0.2) is 29.9 Å². The fourth-order valence-corrected chi connectivity index (χ4v) is 2.87. The molecule has 3 rings (SSSR count). The van der Waals surface area contributed by atoms with Crippen LogP contribution >= 0.6 is 0 Å². The summed E-state index contributed by atoms with van der Waals surface area (Å²) in [7, 11) is 0. The van der Waals surface area contributed by atoms with Crippen LogP contribution in [0.2, 0.25) is 0 Å². The number of amides is 1. The van der Waals surface area contributed by atoms with Crippen molar-refractivity contribution in [1.82, 2.24) is 10.2 Å². The van der Waals surface area contributed by atoms with Crippen LogP contribution in [0.25, 0.3) is 6.08 Å². The van der Waals surface area contributed by atoms with Gasteiger partial charge in [0.1, 0.15) is 5.76 Å². The maximum atomic E-state index is 11.9. The molecule has 0 bridgehead atoms. The third-order valence-corrected chi connectivity index (χ3v) is 4.13. The van der Waals surface area contributed by atoms with E-state index in [1.807, 2.05) is 12.1 Å². The molecule has 1 aromatic heterocycles. The predicted octanol–water partition coefficient (Wildman–Crippen LogP) is 3.07. The van der Waals surface area contributed by atoms with Crippen molar-refractivity contribution in [1.29, 1.82) is 0 Å². The molecule has 1 aliphatic rings. The normalized spacial score (nSPS) is 16.7. The highest BCUT2D eigenvalue weighted by atomic mass is 16.3. The van der Waals surface area contributed by atoms with Gasteiger partial charge in [0.2, 0.25) is 5.91 Å². The lowest BCUT2D eigenvalue weighted by Crippen LogP contribution is -2.43. The number of piperidine rings is 1. The van der Waals surface area contributed by atoms with Crippen molar-refractivity contribution < 1.29 is 9.21 Å². The molecule has 0 spiro atoms. The van der Waals surface area contributed by atoms with E-state index in [0.29, 0.717) is 5.76 Å². The van der Waals surface area contributed by atoms with Crippen LogP contribution in [-0.2, 0) is 11.3 Å². The number of benzene rings is 1. The van der Waals surface area contributed by atoms with Gasteiger partial charge in [-0.3, -0.25) is 9.69 Å². The average molecular weight is 310 g/mol. The second kappa shape index (κ2) is 7.79. The summed E-state index contributed by atoms with van der Waals surface area (Å²) in [4.78, 5) is 14.4. The zero-order valence-corrected chi connectivity index (χ0v) is 13.2. The Morgan fingerprint density at radius 3 is 2.65 bits per heavy atom. The molecule has 1 N–H and O–H groups in total. The molecule has 0 atom stereocenters. The van der Waals surface area contributed by atoms with Gasteiger partial charge in [0, 0.05) is 31.8 Å². The van der Waals surface area contributed by atoms with Gasteiger partial charge < -0.3 is 9.73 Å². The van der Waals surface area contributed by atoms with E-state index < -0.39 is 0 Å². The Kier molecular flexibility index (Phi) is 5.27. The summed E-state index contributed by atoms with van der Waals surface area (Å²) >= 11 is 0. The molecule has 0 radical (unpaired) electrons. The van der Waals surface area contributed by atoms with Crippen LogP contribution in [0, 0.1) is 0 Å². The third kappa shape index (κ3) is 4.83. The van der Waals surface area contributed by atoms with E-state index in [2.05, 4.69) is 34.5 Å². The van der Waals surface area contributed by atoms with Crippen molar-refractivity contribution in [2.24, 2.45) is 0 Å². The van der Waals surface area contributed by atoms with E-state index in [4.69, 9.17) is 4.42 Å². The first-order valence-electron chi connectivity index (χ1n) is 8.08. The second-order valence-electron chi connectivity index (χ2n) is 5.89. The van der Waals surface area contributed by atoms with Gasteiger partial charge in [0.05, 0.1) is 6.26 Å². The highest BCUT2D eigenvalue weighted by Gasteiger charge is 2.19. The van der Waals surface area contributed by atoms with E-state index >= 15 is 0 Å². The number of hydrogen-bond donors (Lipinski definition) is 1. The smallest absolute Gasteiger partial charge is 0.244 e. The van der Waals surface area contributed by atoms with E-state index in [1.165, 1.54) is 11.6 Å². The van der Waals surface area contributed by atoms with Gasteiger partial charge in [-0.2, -0.15) is 0 Å². The zero-order valence-electron chi connectivity index (χ0n) is 13.2. The Bertz CT molecular complexity index is 627. The van der Waals surface area contributed by atoms with Crippen LogP contribution in [0.3, 0.4) is 0 Å². The lowest BCUT2D eigenvalue weighted by Gasteiger charge is -2.32. The lowest BCUT2D eigenvalue weighted by molar-refractivity contribution is -0.117. The molecule has 2 heterocycles. The summed E-state index contributed by atoms with van der Waals surface area (Å²) in [6.07, 6.45) is 6.81. The Balaban J connectivity index is 1.41. The molecular formula is C19H22N2O2. The minimum Gasteiger partial charge on any atom is -0.465 e. The van der Waals surface area contributed by atoms with Crippen molar-refractivity contribution in [3.05, 3.63) is 66.1 Å². The largest absolute Gasteiger partial charge is 0.465 e. The minimum atomic E-state index is -0.0529. The average Bonchev–Trinajstić information content (AvgIpc) is 3.09. The molecule has 1 amide bonds. The van der Waals surface area contributed by atoms with Gasteiger partial charge in [0.15, 0.2) is 0 Å². The van der Waals surface area contributed by atoms with E-state index in [9.17, 15) is 4.79 Å². The lowest BCUT2D eigenvalue weighted by atomic mass is 10.0. The topological polar surface area (TPSA) is 45.5 Å². The number of rotatable bonds is 5. The van der Waals surface area contributed by atoms with Crippen LogP contribution in [0.4, 0.5) is 0 Å². The van der Waals surface area contributed by atoms with Gasteiger partial charge in [0.25, 0.3) is 0 Å². The molecule has 0 saturated carbocycles. The maximum Gasteiger partial charge on any atom is 0.244 e. The van der Waals surface area contributed by atoms with Crippen LogP contribution in [0.5, 0.6) is 0 Å². The molecule has 2 aromatic rings. The first kappa shape index (κ1) is 15.6. The summed E-state index contributed by atoms with van der Waals surface area (Å²) < 4.78 is 5.17. The maximum absolute atomic E-state index is 11.9. The standard InChI is InChI=1S/C19H22N2O2/c22-19(9-8-18-7-4-14-23-18)20-17-10-12-21(13-11-17)15-16-5-2-1-3-6-16/h1-9,14,17H,10-13,15H2,(H,20,22)/b9-8+. The molecule has 1 aromatic carbocycles. The van der Waals surface area contributed by atoms with Crippen molar-refractivity contribution in [2.45, 2.75) is 25.4 Å². The number of likely N-dealkylation sites (tertiary alicyclic amines) is 1. The number of hydrogen-bond acceptors (Lipinski definition) is 3. The molecule has 23 heavy (non-hydrogen) atoms. The molecule has 0 unspecified atom stereocenters. The van der Waals surface area contributed by atoms with E-state index in [-0.39, 0.29) is 11.9 Å². The fourth-order valence-electron chi connectivity index (χ4n) is 2.87. The minimum absolute atomic E-state index is 0.0529. The Hall–Kier alpha value is -2.33. The van der Waals surface area contributed by atoms with E-state index in [1.54, 1.807) is 18.4 Å². The Morgan fingerprint density at radius 2 is 1.96 bits per heavy atom. The van der Waals surface area contributed by atoms with Gasteiger partial charge in [-0.1, -0.05) is 30.3 Å². The summed E-state index contributed by atoms with van der Waals surface area (Å²) in [5, 5.41) is 3.07. The zero-order chi connectivity index (χ0) is 15.9. The van der Waals surface area contributed by atoms with Gasteiger partial charge >= 0.3 is 0 Å². The fraction of sp³-hybridized carbons (Fsp3) is 0.316. The molecule has 4 nitrogen and oxygen atoms in total. The number of carbonyl (C=O) groups is 1. The quantitative estimate of drug-likeness (QED) is 0.863. The summed E-state index contributed by atoms with van der Waals surface area (Å²) in [6.45, 7) is 3.02. The molecule has 4 heteroatoms.